The number of fused-ring (bicyclic) bond motifs is 1. The van der Waals surface area contributed by atoms with Crippen LogP contribution in [0.25, 0.3) is 10.8 Å². The van der Waals surface area contributed by atoms with Crippen LogP contribution >= 0.6 is 0 Å². The molecule has 3 rings (SSSR count). The molecule has 0 atom stereocenters. The molecule has 0 unspecified atom stereocenters. The summed E-state index contributed by atoms with van der Waals surface area (Å²) < 4.78 is 6.67. The molecule has 0 bridgehead atoms. The molecule has 0 fully saturated rings. The van der Waals surface area contributed by atoms with E-state index in [2.05, 4.69) is 5.10 Å². The van der Waals surface area contributed by atoms with Crippen molar-refractivity contribution in [2.24, 2.45) is 0 Å². The van der Waals surface area contributed by atoms with E-state index in [1.54, 1.807) is 12.1 Å². The maximum atomic E-state index is 12.5. The summed E-state index contributed by atoms with van der Waals surface area (Å²) in [6.07, 6.45) is 0. The van der Waals surface area contributed by atoms with E-state index >= 15 is 0 Å². The summed E-state index contributed by atoms with van der Waals surface area (Å²) in [6.45, 7) is 7.38. The van der Waals surface area contributed by atoms with Crippen LogP contribution in [-0.4, -0.2) is 15.7 Å². The van der Waals surface area contributed by atoms with Crippen molar-refractivity contribution in [3.63, 3.8) is 0 Å². The minimum Gasteiger partial charge on any atom is -0.425 e. The molecule has 3 aromatic rings. The molecule has 0 amide bonds. The fourth-order valence-electron chi connectivity index (χ4n) is 3.11. The lowest BCUT2D eigenvalue weighted by Crippen LogP contribution is -2.29. The maximum Gasteiger partial charge on any atom is 0.333 e. The minimum absolute atomic E-state index is 0.225. The molecule has 0 radical (unpaired) electrons. The zero-order valence-electron chi connectivity index (χ0n) is 14.8. The highest BCUT2D eigenvalue weighted by molar-refractivity contribution is 5.83. The highest BCUT2D eigenvalue weighted by atomic mass is 16.5. The molecule has 0 saturated heterocycles. The van der Waals surface area contributed by atoms with E-state index in [4.69, 9.17) is 4.74 Å². The summed E-state index contributed by atoms with van der Waals surface area (Å²) in [6, 6.07) is 11.2. The van der Waals surface area contributed by atoms with Crippen LogP contribution in [0, 0.1) is 27.7 Å². The third-order valence-corrected chi connectivity index (χ3v) is 4.15. The molecule has 25 heavy (non-hydrogen) atoms. The van der Waals surface area contributed by atoms with Crippen LogP contribution in [0.3, 0.4) is 0 Å². The summed E-state index contributed by atoms with van der Waals surface area (Å²) in [5, 5.41) is 5.59. The van der Waals surface area contributed by atoms with Crippen molar-refractivity contribution in [1.82, 2.24) is 9.78 Å². The van der Waals surface area contributed by atoms with Gasteiger partial charge in [0.2, 0.25) is 0 Å². The SMILES string of the molecule is Cc1cc(C)c(OC(=O)Cn2nc(C)c3ccccc3c2=O)c(C)c1. The van der Waals surface area contributed by atoms with Crippen molar-refractivity contribution in [3.05, 3.63) is 69.1 Å². The van der Waals surface area contributed by atoms with Crippen LogP contribution in [0.2, 0.25) is 0 Å². The van der Waals surface area contributed by atoms with Gasteiger partial charge < -0.3 is 4.74 Å². The van der Waals surface area contributed by atoms with Gasteiger partial charge in [-0.15, -0.1) is 0 Å². The van der Waals surface area contributed by atoms with Crippen molar-refractivity contribution in [1.29, 1.82) is 0 Å². The van der Waals surface area contributed by atoms with E-state index < -0.39 is 5.97 Å². The quantitative estimate of drug-likeness (QED) is 0.544. The number of aromatic nitrogens is 2. The fraction of sp³-hybridized carbons (Fsp3) is 0.250. The minimum atomic E-state index is -0.515. The molecule has 0 N–H and O–H groups in total. The molecule has 0 saturated carbocycles. The largest absolute Gasteiger partial charge is 0.425 e. The third kappa shape index (κ3) is 3.31. The van der Waals surface area contributed by atoms with Gasteiger partial charge in [0.05, 0.1) is 11.1 Å². The predicted molar refractivity (Wildman–Crippen MR) is 97.0 cm³/mol. The number of hydrogen-bond acceptors (Lipinski definition) is 4. The topological polar surface area (TPSA) is 61.2 Å². The number of nitrogens with zero attached hydrogens (tertiary/aromatic N) is 2. The second kappa shape index (κ2) is 6.51. The van der Waals surface area contributed by atoms with Crippen molar-refractivity contribution in [2.75, 3.05) is 0 Å². The number of hydrogen-bond donors (Lipinski definition) is 0. The van der Waals surface area contributed by atoms with Crippen LogP contribution in [0.15, 0.2) is 41.2 Å². The highest BCUT2D eigenvalue weighted by Gasteiger charge is 2.14. The van der Waals surface area contributed by atoms with Crippen LogP contribution in [0.1, 0.15) is 22.4 Å². The van der Waals surface area contributed by atoms with Gasteiger partial charge in [0.25, 0.3) is 5.56 Å². The van der Waals surface area contributed by atoms with Crippen LogP contribution in [-0.2, 0) is 11.3 Å². The van der Waals surface area contributed by atoms with Crippen LogP contribution in [0.5, 0.6) is 5.75 Å². The molecule has 0 aliphatic heterocycles. The standard InChI is InChI=1S/C20H20N2O3/c1-12-9-13(2)19(14(3)10-12)25-18(23)11-22-20(24)17-8-6-5-7-16(17)15(4)21-22/h5-10H,11H2,1-4H3. The maximum absolute atomic E-state index is 12.5. The summed E-state index contributed by atoms with van der Waals surface area (Å²) in [5.41, 5.74) is 3.29. The molecule has 2 aromatic carbocycles. The van der Waals surface area contributed by atoms with Crippen molar-refractivity contribution >= 4 is 16.7 Å². The second-order valence-electron chi connectivity index (χ2n) is 6.30. The Morgan fingerprint density at radius 2 is 1.64 bits per heavy atom. The zero-order chi connectivity index (χ0) is 18.1. The third-order valence-electron chi connectivity index (χ3n) is 4.15. The van der Waals surface area contributed by atoms with Gasteiger partial charge in [-0.05, 0) is 44.9 Å². The van der Waals surface area contributed by atoms with Gasteiger partial charge in [-0.1, -0.05) is 35.9 Å². The van der Waals surface area contributed by atoms with Crippen molar-refractivity contribution < 1.29 is 9.53 Å². The van der Waals surface area contributed by atoms with Gasteiger partial charge in [-0.2, -0.15) is 5.10 Å². The average Bonchev–Trinajstić information content (AvgIpc) is 2.56. The summed E-state index contributed by atoms with van der Waals surface area (Å²) in [5.74, 6) is 0.0282. The number of benzene rings is 2. The van der Waals surface area contributed by atoms with Gasteiger partial charge in [0.15, 0.2) is 0 Å². The highest BCUT2D eigenvalue weighted by Crippen LogP contribution is 2.24. The molecule has 5 nitrogen and oxygen atoms in total. The van der Waals surface area contributed by atoms with E-state index in [1.165, 1.54) is 4.68 Å². The fourth-order valence-corrected chi connectivity index (χ4v) is 3.11. The Hall–Kier alpha value is -2.95. The van der Waals surface area contributed by atoms with E-state index in [0.717, 1.165) is 22.1 Å². The number of carbonyl (C=O) groups excluding carboxylic acids is 1. The first-order valence-electron chi connectivity index (χ1n) is 8.12. The molecular weight excluding hydrogens is 316 g/mol. The van der Waals surface area contributed by atoms with Crippen LogP contribution < -0.4 is 10.3 Å². The lowest BCUT2D eigenvalue weighted by atomic mass is 10.1. The Morgan fingerprint density at radius 1 is 1.04 bits per heavy atom. The first-order chi connectivity index (χ1) is 11.9. The number of rotatable bonds is 3. The number of carbonyl (C=O) groups is 1. The van der Waals surface area contributed by atoms with E-state index in [9.17, 15) is 9.59 Å². The number of ether oxygens (including phenoxy) is 1. The summed E-state index contributed by atoms with van der Waals surface area (Å²) in [4.78, 5) is 24.9. The Kier molecular flexibility index (Phi) is 4.40. The van der Waals surface area contributed by atoms with Crippen molar-refractivity contribution in [2.45, 2.75) is 34.2 Å². The number of esters is 1. The second-order valence-corrected chi connectivity index (χ2v) is 6.30. The molecule has 1 heterocycles. The van der Waals surface area contributed by atoms with Gasteiger partial charge >= 0.3 is 5.97 Å². The first-order valence-corrected chi connectivity index (χ1v) is 8.12. The molecular formula is C20H20N2O3. The lowest BCUT2D eigenvalue weighted by Gasteiger charge is -2.12. The molecule has 5 heteroatoms. The molecule has 0 spiro atoms. The smallest absolute Gasteiger partial charge is 0.333 e. The Balaban J connectivity index is 1.91. The zero-order valence-corrected chi connectivity index (χ0v) is 14.8. The molecule has 1 aromatic heterocycles. The Bertz CT molecular complexity index is 1010. The monoisotopic (exact) mass is 336 g/mol. The van der Waals surface area contributed by atoms with Gasteiger partial charge in [-0.25, -0.2) is 9.48 Å². The molecule has 128 valence electrons. The van der Waals surface area contributed by atoms with Crippen LogP contribution in [0.4, 0.5) is 0 Å². The predicted octanol–water partition coefficient (Wildman–Crippen LogP) is 3.24. The summed E-state index contributed by atoms with van der Waals surface area (Å²) >= 11 is 0. The van der Waals surface area contributed by atoms with Gasteiger partial charge in [0.1, 0.15) is 12.3 Å². The first kappa shape index (κ1) is 16.9. The Morgan fingerprint density at radius 3 is 2.28 bits per heavy atom. The molecule has 0 aliphatic rings. The van der Waals surface area contributed by atoms with Gasteiger partial charge in [0, 0.05) is 5.39 Å². The summed E-state index contributed by atoms with van der Waals surface area (Å²) in [7, 11) is 0. The van der Waals surface area contributed by atoms with E-state index in [-0.39, 0.29) is 12.1 Å². The van der Waals surface area contributed by atoms with Gasteiger partial charge in [-0.3, -0.25) is 4.79 Å². The van der Waals surface area contributed by atoms with E-state index in [0.29, 0.717) is 16.8 Å². The number of aryl methyl sites for hydroxylation is 4. The molecule has 0 aliphatic carbocycles. The normalized spacial score (nSPS) is 10.9. The van der Waals surface area contributed by atoms with Crippen molar-refractivity contribution in [3.8, 4) is 5.75 Å². The van der Waals surface area contributed by atoms with E-state index in [1.807, 2.05) is 52.0 Å². The Labute approximate surface area is 145 Å². The average molecular weight is 336 g/mol. The lowest BCUT2D eigenvalue weighted by molar-refractivity contribution is -0.135.